The predicted octanol–water partition coefficient (Wildman–Crippen LogP) is 2.77. The number of fused-ring (bicyclic) bond motifs is 3. The maximum absolute atomic E-state index is 5.92. The second-order valence-electron chi connectivity index (χ2n) is 3.51. The van der Waals surface area contributed by atoms with Crippen molar-refractivity contribution in [1.29, 1.82) is 0 Å². The molecule has 74 valence electrons. The van der Waals surface area contributed by atoms with Crippen LogP contribution in [0.15, 0.2) is 30.7 Å². The highest BCUT2D eigenvalue weighted by molar-refractivity contribution is 6.31. The molecule has 0 fully saturated rings. The van der Waals surface area contributed by atoms with Gasteiger partial charge in [0.1, 0.15) is 5.52 Å². The zero-order valence-electron chi connectivity index (χ0n) is 8.11. The van der Waals surface area contributed by atoms with Crippen LogP contribution < -0.4 is 0 Å². The average Bonchev–Trinajstić information content (AvgIpc) is 2.60. The van der Waals surface area contributed by atoms with E-state index in [4.69, 9.17) is 11.6 Å². The van der Waals surface area contributed by atoms with Crippen molar-refractivity contribution in [2.45, 2.75) is 0 Å². The van der Waals surface area contributed by atoms with Gasteiger partial charge in [-0.15, -0.1) is 0 Å². The highest BCUT2D eigenvalue weighted by atomic mass is 35.5. The first-order valence-corrected chi connectivity index (χ1v) is 4.99. The smallest absolute Gasteiger partial charge is 0.107 e. The number of aromatic nitrogens is 3. The third-order valence-electron chi connectivity index (χ3n) is 2.51. The van der Waals surface area contributed by atoms with E-state index in [1.54, 1.807) is 12.5 Å². The Kier molecular flexibility index (Phi) is 1.70. The van der Waals surface area contributed by atoms with Crippen molar-refractivity contribution in [2.24, 2.45) is 7.05 Å². The Balaban J connectivity index is 2.58. The van der Waals surface area contributed by atoms with Gasteiger partial charge in [0.2, 0.25) is 0 Å². The Labute approximate surface area is 91.3 Å². The maximum atomic E-state index is 5.92. The number of hydrogen-bond donors (Lipinski definition) is 0. The van der Waals surface area contributed by atoms with Crippen LogP contribution in [0.5, 0.6) is 0 Å². The molecule has 0 aliphatic heterocycles. The van der Waals surface area contributed by atoms with Gasteiger partial charge in [-0.3, -0.25) is 4.98 Å². The second kappa shape index (κ2) is 2.94. The van der Waals surface area contributed by atoms with E-state index in [1.807, 2.05) is 29.8 Å². The van der Waals surface area contributed by atoms with Crippen molar-refractivity contribution in [3.05, 3.63) is 35.7 Å². The molecule has 4 heteroatoms. The van der Waals surface area contributed by atoms with Gasteiger partial charge < -0.3 is 4.57 Å². The first-order valence-electron chi connectivity index (χ1n) is 4.61. The molecule has 0 bridgehead atoms. The molecule has 0 unspecified atom stereocenters. The number of benzene rings is 1. The second-order valence-corrected chi connectivity index (χ2v) is 3.95. The van der Waals surface area contributed by atoms with Gasteiger partial charge >= 0.3 is 0 Å². The SMILES string of the molecule is Cn1cnc2cnc3cc(Cl)ccc3c21. The zero-order valence-corrected chi connectivity index (χ0v) is 8.86. The number of halogens is 1. The van der Waals surface area contributed by atoms with E-state index < -0.39 is 0 Å². The monoisotopic (exact) mass is 217 g/mol. The highest BCUT2D eigenvalue weighted by Gasteiger charge is 2.05. The number of hydrogen-bond acceptors (Lipinski definition) is 2. The third-order valence-corrected chi connectivity index (χ3v) is 2.74. The van der Waals surface area contributed by atoms with Crippen molar-refractivity contribution in [3.63, 3.8) is 0 Å². The van der Waals surface area contributed by atoms with Crippen molar-refractivity contribution in [2.75, 3.05) is 0 Å². The van der Waals surface area contributed by atoms with Crippen molar-refractivity contribution in [3.8, 4) is 0 Å². The molecule has 2 aromatic heterocycles. The summed E-state index contributed by atoms with van der Waals surface area (Å²) in [6.45, 7) is 0. The fourth-order valence-electron chi connectivity index (χ4n) is 1.81. The van der Waals surface area contributed by atoms with Crippen LogP contribution in [0.1, 0.15) is 0 Å². The molecule has 0 saturated heterocycles. The average molecular weight is 218 g/mol. The standard InChI is InChI=1S/C11H8ClN3/c1-15-6-14-10-5-13-9-4-7(12)2-3-8(9)11(10)15/h2-6H,1H3. The fourth-order valence-corrected chi connectivity index (χ4v) is 1.98. The van der Waals surface area contributed by atoms with E-state index >= 15 is 0 Å². The molecule has 3 nitrogen and oxygen atoms in total. The van der Waals surface area contributed by atoms with Gasteiger partial charge in [0.25, 0.3) is 0 Å². The van der Waals surface area contributed by atoms with Gasteiger partial charge in [-0.2, -0.15) is 0 Å². The quantitative estimate of drug-likeness (QED) is 0.580. The summed E-state index contributed by atoms with van der Waals surface area (Å²) in [6.07, 6.45) is 3.56. The van der Waals surface area contributed by atoms with Crippen LogP contribution in [0.4, 0.5) is 0 Å². The molecule has 0 amide bonds. The molecule has 0 saturated carbocycles. The molecule has 0 N–H and O–H groups in total. The topological polar surface area (TPSA) is 30.7 Å². The largest absolute Gasteiger partial charge is 0.333 e. The third kappa shape index (κ3) is 1.20. The molecular formula is C11H8ClN3. The number of rotatable bonds is 0. The molecule has 0 aliphatic rings. The van der Waals surface area contributed by atoms with Crippen molar-refractivity contribution >= 4 is 33.5 Å². The fraction of sp³-hybridized carbons (Fsp3) is 0.0909. The van der Waals surface area contributed by atoms with Crippen LogP contribution in [0.2, 0.25) is 5.02 Å². The Morgan fingerprint density at radius 3 is 2.93 bits per heavy atom. The van der Waals surface area contributed by atoms with Crippen molar-refractivity contribution < 1.29 is 0 Å². The Bertz CT molecular complexity index is 657. The van der Waals surface area contributed by atoms with E-state index in [0.29, 0.717) is 5.02 Å². The molecular weight excluding hydrogens is 210 g/mol. The minimum Gasteiger partial charge on any atom is -0.333 e. The Morgan fingerprint density at radius 1 is 1.20 bits per heavy atom. The lowest BCUT2D eigenvalue weighted by Crippen LogP contribution is -1.87. The summed E-state index contributed by atoms with van der Waals surface area (Å²) in [5.74, 6) is 0. The van der Waals surface area contributed by atoms with E-state index in [-0.39, 0.29) is 0 Å². The van der Waals surface area contributed by atoms with Crippen LogP contribution in [0.25, 0.3) is 21.9 Å². The van der Waals surface area contributed by atoms with Crippen LogP contribution in [0, 0.1) is 0 Å². The van der Waals surface area contributed by atoms with Crippen LogP contribution >= 0.6 is 11.6 Å². The van der Waals surface area contributed by atoms with E-state index in [0.717, 1.165) is 21.9 Å². The van der Waals surface area contributed by atoms with Gasteiger partial charge in [0.05, 0.1) is 23.6 Å². The number of pyridine rings is 1. The summed E-state index contributed by atoms with van der Waals surface area (Å²) >= 11 is 5.92. The van der Waals surface area contributed by atoms with Crippen LogP contribution in [-0.2, 0) is 7.05 Å². The minimum atomic E-state index is 0.705. The number of imidazole rings is 1. The summed E-state index contributed by atoms with van der Waals surface area (Å²) in [5, 5.41) is 1.79. The number of aryl methyl sites for hydroxylation is 1. The lowest BCUT2D eigenvalue weighted by molar-refractivity contribution is 0.951. The Morgan fingerprint density at radius 2 is 2.07 bits per heavy atom. The maximum Gasteiger partial charge on any atom is 0.107 e. The van der Waals surface area contributed by atoms with Gasteiger partial charge in [-0.25, -0.2) is 4.98 Å². The van der Waals surface area contributed by atoms with Crippen LogP contribution in [-0.4, -0.2) is 14.5 Å². The van der Waals surface area contributed by atoms with Crippen molar-refractivity contribution in [1.82, 2.24) is 14.5 Å². The van der Waals surface area contributed by atoms with Gasteiger partial charge in [-0.05, 0) is 18.2 Å². The van der Waals surface area contributed by atoms with Gasteiger partial charge in [0.15, 0.2) is 0 Å². The lowest BCUT2D eigenvalue weighted by atomic mass is 10.2. The normalized spacial score (nSPS) is 11.3. The molecule has 15 heavy (non-hydrogen) atoms. The first kappa shape index (κ1) is 8.68. The lowest BCUT2D eigenvalue weighted by Gasteiger charge is -2.01. The summed E-state index contributed by atoms with van der Waals surface area (Å²) in [6, 6.07) is 5.72. The van der Waals surface area contributed by atoms with Gasteiger partial charge in [-0.1, -0.05) is 11.6 Å². The van der Waals surface area contributed by atoms with E-state index in [9.17, 15) is 0 Å². The van der Waals surface area contributed by atoms with E-state index in [2.05, 4.69) is 9.97 Å². The highest BCUT2D eigenvalue weighted by Crippen LogP contribution is 2.24. The molecule has 2 heterocycles. The van der Waals surface area contributed by atoms with E-state index in [1.165, 1.54) is 0 Å². The number of nitrogens with zero attached hydrogens (tertiary/aromatic N) is 3. The summed E-state index contributed by atoms with van der Waals surface area (Å²) in [5.41, 5.74) is 2.91. The minimum absolute atomic E-state index is 0.705. The Hall–Kier alpha value is -1.61. The summed E-state index contributed by atoms with van der Waals surface area (Å²) in [4.78, 5) is 8.58. The molecule has 3 rings (SSSR count). The summed E-state index contributed by atoms with van der Waals surface area (Å²) in [7, 11) is 1.98. The molecule has 3 aromatic rings. The molecule has 0 spiro atoms. The van der Waals surface area contributed by atoms with Crippen LogP contribution in [0.3, 0.4) is 0 Å². The van der Waals surface area contributed by atoms with Gasteiger partial charge in [0, 0.05) is 17.5 Å². The molecule has 1 aromatic carbocycles. The molecule has 0 aliphatic carbocycles. The zero-order chi connectivity index (χ0) is 10.4. The molecule has 0 atom stereocenters. The summed E-state index contributed by atoms with van der Waals surface area (Å²) < 4.78 is 1.99. The first-order chi connectivity index (χ1) is 7.25. The molecule has 0 radical (unpaired) electrons. The predicted molar refractivity (Wildman–Crippen MR) is 61.0 cm³/mol.